The van der Waals surface area contributed by atoms with Crippen LogP contribution in [-0.4, -0.2) is 22.9 Å². The maximum Gasteiger partial charge on any atom is 0.335 e. The Hall–Kier alpha value is -4.59. The zero-order valence-corrected chi connectivity index (χ0v) is 16.2. The topological polar surface area (TPSA) is 134 Å². The van der Waals surface area contributed by atoms with Crippen LogP contribution in [0, 0.1) is 0 Å². The number of hydrogen-bond donors (Lipinski definition) is 5. The van der Waals surface area contributed by atoms with Gasteiger partial charge in [0.05, 0.1) is 22.5 Å². The molecule has 0 atom stereocenters. The molecule has 0 bridgehead atoms. The van der Waals surface area contributed by atoms with E-state index in [0.29, 0.717) is 39.4 Å². The zero-order chi connectivity index (χ0) is 22.0. The number of benzene rings is 3. The second kappa shape index (κ2) is 8.03. The minimum absolute atomic E-state index is 0.0931. The van der Waals surface area contributed by atoms with Gasteiger partial charge in [-0.25, -0.2) is 4.79 Å². The maximum atomic E-state index is 12.4. The normalized spacial score (nSPS) is 13.4. The van der Waals surface area contributed by atoms with Gasteiger partial charge in [0, 0.05) is 28.7 Å². The first kappa shape index (κ1) is 19.7. The van der Waals surface area contributed by atoms with Gasteiger partial charge in [-0.2, -0.15) is 0 Å². The molecular formula is C23H18N4O4. The smallest absolute Gasteiger partial charge is 0.335 e. The van der Waals surface area contributed by atoms with Crippen molar-refractivity contribution in [2.45, 2.75) is 0 Å². The third-order valence-electron chi connectivity index (χ3n) is 4.79. The predicted molar refractivity (Wildman–Crippen MR) is 119 cm³/mol. The van der Waals surface area contributed by atoms with Crippen LogP contribution >= 0.6 is 0 Å². The Morgan fingerprint density at radius 2 is 1.68 bits per heavy atom. The number of nitrogens with one attached hydrogen (secondary N) is 3. The number of carbonyl (C=O) groups is 3. The average Bonchev–Trinajstić information content (AvgIpc) is 3.08. The van der Waals surface area contributed by atoms with Crippen LogP contribution in [0.5, 0.6) is 0 Å². The lowest BCUT2D eigenvalue weighted by Gasteiger charge is -2.08. The summed E-state index contributed by atoms with van der Waals surface area (Å²) in [5, 5.41) is 17.6. The highest BCUT2D eigenvalue weighted by Crippen LogP contribution is 2.32. The summed E-state index contributed by atoms with van der Waals surface area (Å²) >= 11 is 0. The minimum atomic E-state index is -1.07. The summed E-state index contributed by atoms with van der Waals surface area (Å²) in [6.07, 6.45) is 1.51. The number of aromatic carboxylic acids is 1. The van der Waals surface area contributed by atoms with Crippen molar-refractivity contribution in [3.63, 3.8) is 0 Å². The van der Waals surface area contributed by atoms with Crippen LogP contribution in [0.3, 0.4) is 0 Å². The van der Waals surface area contributed by atoms with Crippen molar-refractivity contribution < 1.29 is 19.5 Å². The lowest BCUT2D eigenvalue weighted by Crippen LogP contribution is -2.13. The van der Waals surface area contributed by atoms with Crippen molar-refractivity contribution in [2.24, 2.45) is 0 Å². The van der Waals surface area contributed by atoms with Crippen LogP contribution in [0.2, 0.25) is 0 Å². The van der Waals surface area contributed by atoms with E-state index < -0.39 is 5.97 Å². The van der Waals surface area contributed by atoms with Crippen LogP contribution in [-0.2, 0) is 4.79 Å². The van der Waals surface area contributed by atoms with Gasteiger partial charge in [-0.15, -0.1) is 0 Å². The highest BCUT2D eigenvalue weighted by atomic mass is 16.4. The molecule has 0 aromatic heterocycles. The monoisotopic (exact) mass is 414 g/mol. The van der Waals surface area contributed by atoms with Gasteiger partial charge in [0.2, 0.25) is 0 Å². The number of carboxylic acids is 1. The van der Waals surface area contributed by atoms with E-state index in [1.54, 1.807) is 54.6 Å². The summed E-state index contributed by atoms with van der Waals surface area (Å²) in [7, 11) is 0. The van der Waals surface area contributed by atoms with Crippen molar-refractivity contribution in [1.82, 2.24) is 0 Å². The number of nitrogens with two attached hydrogens (primary N) is 1. The second-order valence-electron chi connectivity index (χ2n) is 6.84. The van der Waals surface area contributed by atoms with Crippen LogP contribution in [0.4, 0.5) is 22.7 Å². The van der Waals surface area contributed by atoms with Crippen molar-refractivity contribution in [3.05, 3.63) is 89.6 Å². The molecule has 0 saturated heterocycles. The van der Waals surface area contributed by atoms with Gasteiger partial charge in [-0.1, -0.05) is 12.1 Å². The fraction of sp³-hybridized carbons (Fsp3) is 0. The van der Waals surface area contributed by atoms with E-state index in [1.807, 2.05) is 0 Å². The van der Waals surface area contributed by atoms with E-state index in [9.17, 15) is 19.5 Å². The van der Waals surface area contributed by atoms with Crippen LogP contribution in [0.15, 0.2) is 72.9 Å². The Morgan fingerprint density at radius 3 is 2.39 bits per heavy atom. The molecule has 1 aliphatic heterocycles. The molecule has 0 unspecified atom stereocenters. The van der Waals surface area contributed by atoms with Gasteiger partial charge in [0.15, 0.2) is 0 Å². The average molecular weight is 414 g/mol. The Bertz CT molecular complexity index is 1230. The number of para-hydroxylation sites is 2. The van der Waals surface area contributed by atoms with E-state index in [2.05, 4.69) is 16.0 Å². The number of amides is 2. The first-order chi connectivity index (χ1) is 14.9. The molecule has 6 N–H and O–H groups in total. The summed E-state index contributed by atoms with van der Waals surface area (Å²) in [5.41, 5.74) is 9.42. The van der Waals surface area contributed by atoms with Gasteiger partial charge < -0.3 is 26.8 Å². The number of fused-ring (bicyclic) bond motifs is 1. The Morgan fingerprint density at radius 1 is 0.968 bits per heavy atom. The molecule has 8 nitrogen and oxygen atoms in total. The van der Waals surface area contributed by atoms with Crippen LogP contribution in [0.1, 0.15) is 26.3 Å². The molecule has 1 heterocycles. The Kier molecular flexibility index (Phi) is 5.11. The van der Waals surface area contributed by atoms with Crippen molar-refractivity contribution in [3.8, 4) is 0 Å². The number of anilines is 4. The van der Waals surface area contributed by atoms with Gasteiger partial charge in [-0.05, 0) is 54.6 Å². The molecule has 0 radical (unpaired) electrons. The van der Waals surface area contributed by atoms with Gasteiger partial charge >= 0.3 is 5.97 Å². The van der Waals surface area contributed by atoms with E-state index in [4.69, 9.17) is 5.73 Å². The maximum absolute atomic E-state index is 12.4. The highest BCUT2D eigenvalue weighted by Gasteiger charge is 2.25. The molecule has 1 aliphatic rings. The first-order valence-corrected chi connectivity index (χ1v) is 9.34. The molecule has 8 heteroatoms. The van der Waals surface area contributed by atoms with E-state index in [1.165, 1.54) is 18.3 Å². The number of carbonyl (C=O) groups excluding carboxylic acids is 2. The summed E-state index contributed by atoms with van der Waals surface area (Å²) in [5.74, 6) is -1.70. The Labute approximate surface area is 177 Å². The van der Waals surface area contributed by atoms with Crippen LogP contribution in [0.25, 0.3) is 5.57 Å². The highest BCUT2D eigenvalue weighted by molar-refractivity contribution is 6.32. The quantitative estimate of drug-likeness (QED) is 0.320. The fourth-order valence-corrected chi connectivity index (χ4v) is 3.14. The van der Waals surface area contributed by atoms with E-state index in [-0.39, 0.29) is 17.4 Å². The number of nitrogen functional groups attached to an aromatic ring is 1. The summed E-state index contributed by atoms with van der Waals surface area (Å²) < 4.78 is 0. The van der Waals surface area contributed by atoms with Crippen molar-refractivity contribution in [2.75, 3.05) is 21.7 Å². The van der Waals surface area contributed by atoms with E-state index >= 15 is 0 Å². The van der Waals surface area contributed by atoms with E-state index in [0.717, 1.165) is 0 Å². The van der Waals surface area contributed by atoms with Crippen LogP contribution < -0.4 is 21.7 Å². The molecule has 2 amide bonds. The first-order valence-electron chi connectivity index (χ1n) is 9.34. The molecule has 0 saturated carbocycles. The Balaban J connectivity index is 1.49. The summed E-state index contributed by atoms with van der Waals surface area (Å²) in [6, 6.07) is 18.1. The predicted octanol–water partition coefficient (Wildman–Crippen LogP) is 3.62. The SMILES string of the molecule is Nc1ccccc1NC(=O)c1ccc(N/C=C2/C(=O)Nc3ccc(C(=O)O)cc32)cc1. The zero-order valence-electron chi connectivity index (χ0n) is 16.2. The molecular weight excluding hydrogens is 396 g/mol. The van der Waals surface area contributed by atoms with Gasteiger partial charge in [0.1, 0.15) is 0 Å². The summed E-state index contributed by atoms with van der Waals surface area (Å²) in [6.45, 7) is 0. The molecule has 154 valence electrons. The molecule has 0 spiro atoms. The number of hydrogen-bond acceptors (Lipinski definition) is 5. The van der Waals surface area contributed by atoms with Gasteiger partial charge in [0.25, 0.3) is 11.8 Å². The second-order valence-corrected chi connectivity index (χ2v) is 6.84. The molecule has 4 rings (SSSR count). The number of carboxylic acid groups (broad SMARTS) is 1. The fourth-order valence-electron chi connectivity index (χ4n) is 3.14. The minimum Gasteiger partial charge on any atom is -0.478 e. The van der Waals surface area contributed by atoms with Crippen molar-refractivity contribution in [1.29, 1.82) is 0 Å². The molecule has 3 aromatic carbocycles. The molecule has 31 heavy (non-hydrogen) atoms. The lowest BCUT2D eigenvalue weighted by molar-refractivity contribution is -0.110. The largest absolute Gasteiger partial charge is 0.478 e. The third-order valence-corrected chi connectivity index (χ3v) is 4.79. The molecule has 0 aliphatic carbocycles. The summed E-state index contributed by atoms with van der Waals surface area (Å²) in [4.78, 5) is 35.9. The lowest BCUT2D eigenvalue weighted by atomic mass is 10.0. The van der Waals surface area contributed by atoms with Crippen molar-refractivity contribution >= 4 is 46.1 Å². The molecule has 0 fully saturated rings. The third kappa shape index (κ3) is 4.08. The number of rotatable bonds is 5. The standard InChI is InChI=1S/C23H18N4O4/c24-18-3-1-2-4-20(18)27-21(28)13-5-8-15(9-6-13)25-12-17-16-11-14(23(30)31)7-10-19(16)26-22(17)29/h1-12,25H,24H2,(H,26,29)(H,27,28)(H,30,31)/b17-12+. The molecule has 3 aromatic rings. The van der Waals surface area contributed by atoms with Gasteiger partial charge in [-0.3, -0.25) is 9.59 Å².